The Hall–Kier alpha value is -2.73. The largest absolute Gasteiger partial charge is 0.497 e. The van der Waals surface area contributed by atoms with Gasteiger partial charge in [0, 0.05) is 23.6 Å². The lowest BCUT2D eigenvalue weighted by molar-refractivity contribution is 0.414. The predicted molar refractivity (Wildman–Crippen MR) is 78.7 cm³/mol. The minimum Gasteiger partial charge on any atom is -0.497 e. The summed E-state index contributed by atoms with van der Waals surface area (Å²) in [6, 6.07) is 18.1. The van der Waals surface area contributed by atoms with Crippen molar-refractivity contribution in [1.82, 2.24) is 4.57 Å². The molecule has 0 amide bonds. The summed E-state index contributed by atoms with van der Waals surface area (Å²) in [5.74, 6) is 0.858. The molecule has 3 aromatic rings. The highest BCUT2D eigenvalue weighted by molar-refractivity contribution is 5.86. The van der Waals surface area contributed by atoms with Crippen LogP contribution >= 0.6 is 0 Å². The van der Waals surface area contributed by atoms with Crippen LogP contribution in [0, 0.1) is 11.3 Å². The number of aromatic nitrogens is 1. The summed E-state index contributed by atoms with van der Waals surface area (Å²) in [6.07, 6.45) is 2.02. The molecule has 0 spiro atoms. The molecule has 0 N–H and O–H groups in total. The van der Waals surface area contributed by atoms with E-state index in [9.17, 15) is 0 Å². The van der Waals surface area contributed by atoms with Gasteiger partial charge in [-0.1, -0.05) is 18.2 Å². The summed E-state index contributed by atoms with van der Waals surface area (Å²) < 4.78 is 7.39. The van der Waals surface area contributed by atoms with Crippen molar-refractivity contribution in [3.63, 3.8) is 0 Å². The second-order valence-electron chi connectivity index (χ2n) is 4.65. The molecule has 0 saturated heterocycles. The summed E-state index contributed by atoms with van der Waals surface area (Å²) >= 11 is 0. The van der Waals surface area contributed by atoms with Crippen LogP contribution in [0.15, 0.2) is 54.7 Å². The van der Waals surface area contributed by atoms with Crippen LogP contribution in [-0.4, -0.2) is 11.7 Å². The van der Waals surface area contributed by atoms with E-state index in [1.165, 1.54) is 5.56 Å². The van der Waals surface area contributed by atoms with Crippen LogP contribution in [0.25, 0.3) is 10.9 Å². The Balaban J connectivity index is 2.01. The molecular weight excluding hydrogens is 248 g/mol. The maximum atomic E-state index is 9.13. The molecule has 0 radical (unpaired) electrons. The number of nitriles is 1. The number of methoxy groups -OCH3 is 1. The molecule has 3 nitrogen and oxygen atoms in total. The van der Waals surface area contributed by atoms with Crippen molar-refractivity contribution in [1.29, 1.82) is 5.26 Å². The second kappa shape index (κ2) is 5.10. The van der Waals surface area contributed by atoms with Crippen LogP contribution in [0.2, 0.25) is 0 Å². The van der Waals surface area contributed by atoms with Crippen molar-refractivity contribution in [3.05, 3.63) is 65.9 Å². The smallest absolute Gasteiger partial charge is 0.119 e. The van der Waals surface area contributed by atoms with Gasteiger partial charge in [0.1, 0.15) is 5.75 Å². The molecule has 0 unspecified atom stereocenters. The molecule has 0 fully saturated rings. The third kappa shape index (κ3) is 2.12. The third-order valence-electron chi connectivity index (χ3n) is 3.42. The van der Waals surface area contributed by atoms with Gasteiger partial charge in [0.05, 0.1) is 18.7 Å². The molecule has 1 aromatic heterocycles. The number of ether oxygens (including phenoxy) is 1. The highest BCUT2D eigenvalue weighted by Crippen LogP contribution is 2.21. The lowest BCUT2D eigenvalue weighted by Crippen LogP contribution is -1.98. The van der Waals surface area contributed by atoms with Gasteiger partial charge in [-0.25, -0.2) is 0 Å². The zero-order valence-electron chi connectivity index (χ0n) is 11.2. The molecule has 0 atom stereocenters. The number of nitrogens with zero attached hydrogens (tertiary/aromatic N) is 2. The minimum atomic E-state index is 0.715. The monoisotopic (exact) mass is 262 g/mol. The highest BCUT2D eigenvalue weighted by atomic mass is 16.5. The van der Waals surface area contributed by atoms with E-state index < -0.39 is 0 Å². The average molecular weight is 262 g/mol. The van der Waals surface area contributed by atoms with E-state index >= 15 is 0 Å². The van der Waals surface area contributed by atoms with E-state index in [4.69, 9.17) is 10.00 Å². The van der Waals surface area contributed by atoms with Crippen molar-refractivity contribution >= 4 is 10.9 Å². The maximum absolute atomic E-state index is 9.13. The van der Waals surface area contributed by atoms with Crippen molar-refractivity contribution in [2.45, 2.75) is 6.54 Å². The zero-order valence-corrected chi connectivity index (χ0v) is 11.2. The van der Waals surface area contributed by atoms with E-state index in [0.717, 1.165) is 23.2 Å². The van der Waals surface area contributed by atoms with Gasteiger partial charge in [-0.2, -0.15) is 5.26 Å². The number of rotatable bonds is 3. The molecule has 0 aliphatic heterocycles. The second-order valence-corrected chi connectivity index (χ2v) is 4.65. The van der Waals surface area contributed by atoms with Crippen LogP contribution < -0.4 is 4.74 Å². The first-order valence-electron chi connectivity index (χ1n) is 6.42. The van der Waals surface area contributed by atoms with Crippen molar-refractivity contribution in [3.8, 4) is 11.8 Å². The van der Waals surface area contributed by atoms with Crippen molar-refractivity contribution in [2.75, 3.05) is 7.11 Å². The molecule has 98 valence electrons. The summed E-state index contributed by atoms with van der Waals surface area (Å²) in [5, 5.41) is 10.1. The number of fused-ring (bicyclic) bond motifs is 1. The molecule has 1 heterocycles. The first-order valence-corrected chi connectivity index (χ1v) is 6.42. The molecule has 0 aliphatic carbocycles. The Bertz CT molecular complexity index is 796. The SMILES string of the molecule is COc1cccc(Cn2ccc3c(C#N)cccc32)c1. The first-order chi connectivity index (χ1) is 9.81. The summed E-state index contributed by atoms with van der Waals surface area (Å²) in [7, 11) is 1.67. The van der Waals surface area contributed by atoms with E-state index in [0.29, 0.717) is 5.56 Å². The lowest BCUT2D eigenvalue weighted by Gasteiger charge is -2.07. The maximum Gasteiger partial charge on any atom is 0.119 e. The number of hydrogen-bond acceptors (Lipinski definition) is 2. The van der Waals surface area contributed by atoms with E-state index in [2.05, 4.69) is 16.7 Å². The van der Waals surface area contributed by atoms with E-state index in [-0.39, 0.29) is 0 Å². The van der Waals surface area contributed by atoms with Gasteiger partial charge in [0.25, 0.3) is 0 Å². The Morgan fingerprint density at radius 1 is 1.15 bits per heavy atom. The molecule has 0 aliphatic rings. The van der Waals surface area contributed by atoms with Gasteiger partial charge in [0.2, 0.25) is 0 Å². The fourth-order valence-corrected chi connectivity index (χ4v) is 2.43. The summed E-state index contributed by atoms with van der Waals surface area (Å²) in [4.78, 5) is 0. The molecule has 0 saturated carbocycles. The molecule has 3 heteroatoms. The third-order valence-corrected chi connectivity index (χ3v) is 3.42. The highest BCUT2D eigenvalue weighted by Gasteiger charge is 2.05. The summed E-state index contributed by atoms with van der Waals surface area (Å²) in [6.45, 7) is 0.760. The van der Waals surface area contributed by atoms with Gasteiger partial charge in [-0.15, -0.1) is 0 Å². The fourth-order valence-electron chi connectivity index (χ4n) is 2.43. The molecule has 0 bridgehead atoms. The quantitative estimate of drug-likeness (QED) is 0.723. The van der Waals surface area contributed by atoms with Gasteiger partial charge in [-0.05, 0) is 35.9 Å². The fraction of sp³-hybridized carbons (Fsp3) is 0.118. The first kappa shape index (κ1) is 12.3. The molecule has 20 heavy (non-hydrogen) atoms. The Labute approximate surface area is 117 Å². The van der Waals surface area contributed by atoms with Crippen LogP contribution in [0.5, 0.6) is 5.75 Å². The Kier molecular flexibility index (Phi) is 3.14. The molecule has 2 aromatic carbocycles. The van der Waals surface area contributed by atoms with Gasteiger partial charge in [0.15, 0.2) is 0 Å². The van der Waals surface area contributed by atoms with Gasteiger partial charge >= 0.3 is 0 Å². The predicted octanol–water partition coefficient (Wildman–Crippen LogP) is 3.57. The number of hydrogen-bond donors (Lipinski definition) is 0. The normalized spacial score (nSPS) is 10.4. The minimum absolute atomic E-state index is 0.715. The zero-order chi connectivity index (χ0) is 13.9. The van der Waals surface area contributed by atoms with E-state index in [1.54, 1.807) is 7.11 Å². The lowest BCUT2D eigenvalue weighted by atomic mass is 10.1. The van der Waals surface area contributed by atoms with Crippen LogP contribution in [0.1, 0.15) is 11.1 Å². The van der Waals surface area contributed by atoms with Gasteiger partial charge < -0.3 is 9.30 Å². The van der Waals surface area contributed by atoms with Gasteiger partial charge in [-0.3, -0.25) is 0 Å². The Morgan fingerprint density at radius 3 is 2.80 bits per heavy atom. The molecular formula is C17H14N2O. The molecule has 3 rings (SSSR count). The Morgan fingerprint density at radius 2 is 2.00 bits per heavy atom. The topological polar surface area (TPSA) is 38.0 Å². The standard InChI is InChI=1S/C17H14N2O/c1-20-15-6-2-4-13(10-15)12-19-9-8-16-14(11-18)5-3-7-17(16)19/h2-10H,12H2,1H3. The summed E-state index contributed by atoms with van der Waals surface area (Å²) in [5.41, 5.74) is 2.96. The van der Waals surface area contributed by atoms with Crippen LogP contribution in [0.3, 0.4) is 0 Å². The average Bonchev–Trinajstić information content (AvgIpc) is 2.90. The van der Waals surface area contributed by atoms with Crippen LogP contribution in [0.4, 0.5) is 0 Å². The van der Waals surface area contributed by atoms with Crippen LogP contribution in [-0.2, 0) is 6.54 Å². The van der Waals surface area contributed by atoms with Crippen molar-refractivity contribution < 1.29 is 4.74 Å². The van der Waals surface area contributed by atoms with E-state index in [1.807, 2.05) is 48.7 Å². The van der Waals surface area contributed by atoms with Crippen molar-refractivity contribution in [2.24, 2.45) is 0 Å². The number of benzene rings is 2.